The molecule has 4 aromatic carbocycles. The second-order valence-corrected chi connectivity index (χ2v) is 8.10. The van der Waals surface area contributed by atoms with Gasteiger partial charge in [-0.15, -0.1) is 0 Å². The normalized spacial score (nSPS) is 10.4. The number of methoxy groups -OCH3 is 1. The Morgan fingerprint density at radius 3 is 1.94 bits per heavy atom. The van der Waals surface area contributed by atoms with Crippen molar-refractivity contribution in [2.24, 2.45) is 5.73 Å². The van der Waals surface area contributed by atoms with Crippen LogP contribution in [0.15, 0.2) is 84.9 Å². The van der Waals surface area contributed by atoms with Crippen molar-refractivity contribution in [2.75, 3.05) is 17.7 Å². The van der Waals surface area contributed by atoms with E-state index >= 15 is 0 Å². The molecule has 0 aliphatic carbocycles. The molecule has 35 heavy (non-hydrogen) atoms. The van der Waals surface area contributed by atoms with E-state index in [-0.39, 0.29) is 16.2 Å². The maximum absolute atomic E-state index is 13.1. The molecular formula is C27H21N3O4S. The van der Waals surface area contributed by atoms with Gasteiger partial charge in [0.05, 0.1) is 24.0 Å². The molecule has 8 heteroatoms. The maximum atomic E-state index is 13.1. The van der Waals surface area contributed by atoms with Gasteiger partial charge in [0.1, 0.15) is 4.99 Å². The maximum Gasteiger partial charge on any atom is 0.337 e. The molecule has 174 valence electrons. The standard InChI is InChI=1S/C27H21N3O4S/c1-34-27(33)21-12-13-22(29-25(31)18-9-7-17(8-10-18)24(28)35)23(15-21)30-26(32)20-11-6-16-4-2-3-5-19(16)14-20/h2-15H,1H3,(H2,28,35)(H,29,31)(H,30,32). The van der Waals surface area contributed by atoms with Crippen molar-refractivity contribution in [2.45, 2.75) is 0 Å². The zero-order valence-corrected chi connectivity index (χ0v) is 19.5. The first-order chi connectivity index (χ1) is 16.9. The van der Waals surface area contributed by atoms with Crippen molar-refractivity contribution in [1.82, 2.24) is 0 Å². The number of rotatable bonds is 6. The van der Waals surface area contributed by atoms with Crippen LogP contribution in [0.4, 0.5) is 11.4 Å². The van der Waals surface area contributed by atoms with Gasteiger partial charge in [-0.3, -0.25) is 9.59 Å². The molecule has 2 amide bonds. The van der Waals surface area contributed by atoms with E-state index in [1.165, 1.54) is 25.3 Å². The molecule has 0 atom stereocenters. The molecule has 0 saturated carbocycles. The Hall–Kier alpha value is -4.56. The molecule has 0 unspecified atom stereocenters. The van der Waals surface area contributed by atoms with E-state index in [1.807, 2.05) is 30.3 Å². The average Bonchev–Trinajstić information content (AvgIpc) is 2.88. The zero-order chi connectivity index (χ0) is 24.9. The van der Waals surface area contributed by atoms with Crippen LogP contribution in [0.1, 0.15) is 36.6 Å². The smallest absolute Gasteiger partial charge is 0.337 e. The topological polar surface area (TPSA) is 111 Å². The van der Waals surface area contributed by atoms with Gasteiger partial charge in [0.2, 0.25) is 0 Å². The van der Waals surface area contributed by atoms with Gasteiger partial charge in [0, 0.05) is 16.7 Å². The Morgan fingerprint density at radius 1 is 0.686 bits per heavy atom. The molecular weight excluding hydrogens is 462 g/mol. The van der Waals surface area contributed by atoms with Crippen LogP contribution < -0.4 is 16.4 Å². The van der Waals surface area contributed by atoms with E-state index in [0.29, 0.717) is 22.4 Å². The van der Waals surface area contributed by atoms with Crippen molar-refractivity contribution < 1.29 is 19.1 Å². The van der Waals surface area contributed by atoms with Gasteiger partial charge in [0.25, 0.3) is 11.8 Å². The third-order valence-electron chi connectivity index (χ3n) is 5.38. The van der Waals surface area contributed by atoms with Gasteiger partial charge in [0.15, 0.2) is 0 Å². The number of benzene rings is 4. The summed E-state index contributed by atoms with van der Waals surface area (Å²) in [6.45, 7) is 0. The monoisotopic (exact) mass is 483 g/mol. The molecule has 0 bridgehead atoms. The Morgan fingerprint density at radius 2 is 1.26 bits per heavy atom. The summed E-state index contributed by atoms with van der Waals surface area (Å²) in [4.78, 5) is 38.2. The number of carbonyl (C=O) groups excluding carboxylic acids is 3. The zero-order valence-electron chi connectivity index (χ0n) is 18.7. The fraction of sp³-hybridized carbons (Fsp3) is 0.0370. The first kappa shape index (κ1) is 23.6. The lowest BCUT2D eigenvalue weighted by Crippen LogP contribution is -2.18. The predicted molar refractivity (Wildman–Crippen MR) is 140 cm³/mol. The summed E-state index contributed by atoms with van der Waals surface area (Å²) in [6.07, 6.45) is 0. The highest BCUT2D eigenvalue weighted by Crippen LogP contribution is 2.26. The van der Waals surface area contributed by atoms with Crippen LogP contribution in [0.25, 0.3) is 10.8 Å². The molecule has 0 aliphatic heterocycles. The second-order valence-electron chi connectivity index (χ2n) is 7.66. The SMILES string of the molecule is COC(=O)c1ccc(NC(=O)c2ccc(C(N)=S)cc2)c(NC(=O)c2ccc3ccccc3c2)c1. The Balaban J connectivity index is 1.63. The summed E-state index contributed by atoms with van der Waals surface area (Å²) in [7, 11) is 1.27. The lowest BCUT2D eigenvalue weighted by Gasteiger charge is -2.14. The molecule has 7 nitrogen and oxygen atoms in total. The number of thiocarbonyl (C=S) groups is 1. The van der Waals surface area contributed by atoms with Crippen molar-refractivity contribution in [3.8, 4) is 0 Å². The van der Waals surface area contributed by atoms with E-state index in [1.54, 1.807) is 36.4 Å². The summed E-state index contributed by atoms with van der Waals surface area (Å²) < 4.78 is 4.79. The number of nitrogens with one attached hydrogen (secondary N) is 2. The largest absolute Gasteiger partial charge is 0.465 e. The number of hydrogen-bond donors (Lipinski definition) is 3. The number of amides is 2. The molecule has 0 spiro atoms. The molecule has 4 aromatic rings. The minimum atomic E-state index is -0.572. The van der Waals surface area contributed by atoms with E-state index in [0.717, 1.165) is 10.8 Å². The average molecular weight is 484 g/mol. The highest BCUT2D eigenvalue weighted by Gasteiger charge is 2.16. The van der Waals surface area contributed by atoms with E-state index in [2.05, 4.69) is 10.6 Å². The second kappa shape index (κ2) is 10.1. The van der Waals surface area contributed by atoms with Crippen LogP contribution >= 0.6 is 12.2 Å². The molecule has 0 aromatic heterocycles. The van der Waals surface area contributed by atoms with E-state index in [9.17, 15) is 14.4 Å². The highest BCUT2D eigenvalue weighted by atomic mass is 32.1. The summed E-state index contributed by atoms with van der Waals surface area (Å²) in [5.74, 6) is -1.38. The third kappa shape index (κ3) is 5.34. The number of fused-ring (bicyclic) bond motifs is 1. The first-order valence-corrected chi connectivity index (χ1v) is 11.0. The van der Waals surface area contributed by atoms with Gasteiger partial charge in [-0.05, 0) is 53.2 Å². The number of ether oxygens (including phenoxy) is 1. The van der Waals surface area contributed by atoms with E-state index in [4.69, 9.17) is 22.7 Å². The van der Waals surface area contributed by atoms with Crippen LogP contribution in [0, 0.1) is 0 Å². The van der Waals surface area contributed by atoms with Crippen molar-refractivity contribution in [3.63, 3.8) is 0 Å². The number of nitrogens with two attached hydrogens (primary N) is 1. The summed E-state index contributed by atoms with van der Waals surface area (Å²) in [5.41, 5.74) is 7.84. The van der Waals surface area contributed by atoms with E-state index < -0.39 is 17.8 Å². The first-order valence-electron chi connectivity index (χ1n) is 10.6. The summed E-state index contributed by atoms with van der Waals surface area (Å²) in [5, 5.41) is 7.49. The number of hydrogen-bond acceptors (Lipinski definition) is 5. The van der Waals surface area contributed by atoms with Crippen LogP contribution in [-0.4, -0.2) is 29.9 Å². The summed E-state index contributed by atoms with van der Waals surface area (Å²) >= 11 is 4.94. The van der Waals surface area contributed by atoms with Gasteiger partial charge in [-0.25, -0.2) is 4.79 Å². The molecule has 0 saturated heterocycles. The van der Waals surface area contributed by atoms with Crippen molar-refractivity contribution >= 4 is 57.1 Å². The number of anilines is 2. The lowest BCUT2D eigenvalue weighted by molar-refractivity contribution is 0.0600. The quantitative estimate of drug-likeness (QED) is 0.269. The molecule has 0 fully saturated rings. The third-order valence-corrected chi connectivity index (χ3v) is 5.62. The fourth-order valence-corrected chi connectivity index (χ4v) is 3.64. The fourth-order valence-electron chi connectivity index (χ4n) is 3.51. The van der Waals surface area contributed by atoms with Crippen LogP contribution in [-0.2, 0) is 4.74 Å². The van der Waals surface area contributed by atoms with Crippen LogP contribution in [0.2, 0.25) is 0 Å². The minimum Gasteiger partial charge on any atom is -0.465 e. The molecule has 4 rings (SSSR count). The lowest BCUT2D eigenvalue weighted by atomic mass is 10.1. The Bertz CT molecular complexity index is 1470. The summed E-state index contributed by atoms with van der Waals surface area (Å²) in [6, 6.07) is 24.0. The highest BCUT2D eigenvalue weighted by molar-refractivity contribution is 7.80. The van der Waals surface area contributed by atoms with Crippen molar-refractivity contribution in [1.29, 1.82) is 0 Å². The molecule has 0 aliphatic rings. The van der Waals surface area contributed by atoms with Crippen molar-refractivity contribution in [3.05, 3.63) is 107 Å². The predicted octanol–water partition coefficient (Wildman–Crippen LogP) is 4.77. The Labute approximate surface area is 206 Å². The van der Waals surface area contributed by atoms with Crippen LogP contribution in [0.3, 0.4) is 0 Å². The molecule has 0 radical (unpaired) electrons. The molecule has 4 N–H and O–H groups in total. The number of esters is 1. The molecule has 0 heterocycles. The Kier molecular flexibility index (Phi) is 6.84. The van der Waals surface area contributed by atoms with Gasteiger partial charge in [-0.2, -0.15) is 0 Å². The number of carbonyl (C=O) groups is 3. The van der Waals surface area contributed by atoms with Gasteiger partial charge in [-0.1, -0.05) is 54.7 Å². The van der Waals surface area contributed by atoms with Gasteiger partial charge < -0.3 is 21.1 Å². The minimum absolute atomic E-state index is 0.222. The van der Waals surface area contributed by atoms with Gasteiger partial charge >= 0.3 is 5.97 Å². The van der Waals surface area contributed by atoms with Crippen LogP contribution in [0.5, 0.6) is 0 Å².